The van der Waals surface area contributed by atoms with E-state index in [1.165, 1.54) is 0 Å². The van der Waals surface area contributed by atoms with Gasteiger partial charge < -0.3 is 5.32 Å². The summed E-state index contributed by atoms with van der Waals surface area (Å²) in [6.45, 7) is 1.95. The number of amides is 1. The molecule has 1 aliphatic rings. The third-order valence-electron chi connectivity index (χ3n) is 5.40. The van der Waals surface area contributed by atoms with Gasteiger partial charge in [-0.25, -0.2) is 13.1 Å². The Morgan fingerprint density at radius 3 is 2.53 bits per heavy atom. The Bertz CT molecular complexity index is 1420. The van der Waals surface area contributed by atoms with Gasteiger partial charge in [-0.2, -0.15) is 5.10 Å². The van der Waals surface area contributed by atoms with Crippen molar-refractivity contribution in [2.24, 2.45) is 0 Å². The minimum atomic E-state index is -3.26. The number of aromatic nitrogens is 2. The van der Waals surface area contributed by atoms with E-state index in [4.69, 9.17) is 0 Å². The zero-order valence-corrected chi connectivity index (χ0v) is 17.1. The van der Waals surface area contributed by atoms with Crippen LogP contribution in [0.25, 0.3) is 16.5 Å². The van der Waals surface area contributed by atoms with Gasteiger partial charge in [0.1, 0.15) is 5.82 Å². The maximum Gasteiger partial charge on any atom is 0.257 e. The lowest BCUT2D eigenvalue weighted by Crippen LogP contribution is -2.17. The van der Waals surface area contributed by atoms with Crippen molar-refractivity contribution in [3.8, 4) is 5.69 Å². The van der Waals surface area contributed by atoms with Crippen molar-refractivity contribution in [3.05, 3.63) is 89.1 Å². The van der Waals surface area contributed by atoms with Gasteiger partial charge in [0.15, 0.2) is 9.84 Å². The molecule has 0 unspecified atom stereocenters. The molecule has 0 bridgehead atoms. The molecule has 1 amide bonds. The summed E-state index contributed by atoms with van der Waals surface area (Å²) in [6, 6.07) is 20.9. The van der Waals surface area contributed by atoms with Crippen molar-refractivity contribution in [2.75, 3.05) is 5.32 Å². The van der Waals surface area contributed by atoms with Crippen LogP contribution in [0.3, 0.4) is 0 Å². The largest absolute Gasteiger partial charge is 0.306 e. The lowest BCUT2D eigenvalue weighted by molar-refractivity contribution is 0.102. The molecule has 1 N–H and O–H groups in total. The van der Waals surface area contributed by atoms with Crippen LogP contribution in [0.1, 0.15) is 27.2 Å². The summed E-state index contributed by atoms with van der Waals surface area (Å²) in [5.41, 5.74) is 3.36. The average molecular weight is 417 g/mol. The Balaban J connectivity index is 1.63. The first kappa shape index (κ1) is 18.6. The fraction of sp³-hybridized carbons (Fsp3) is 0.130. The molecule has 0 aliphatic carbocycles. The van der Waals surface area contributed by atoms with Gasteiger partial charge in [0, 0.05) is 11.1 Å². The van der Waals surface area contributed by atoms with E-state index in [0.29, 0.717) is 22.6 Å². The predicted molar refractivity (Wildman–Crippen MR) is 117 cm³/mol. The predicted octanol–water partition coefficient (Wildman–Crippen LogP) is 4.01. The van der Waals surface area contributed by atoms with Gasteiger partial charge in [0.25, 0.3) is 5.91 Å². The summed E-state index contributed by atoms with van der Waals surface area (Å²) in [5, 5.41) is 9.31. The SMILES string of the molecule is Cc1ccccc1-n1nc2c(c1NC(=O)c1cccc3ccccc13)CS(=O)(=O)C2. The summed E-state index contributed by atoms with van der Waals surface area (Å²) in [7, 11) is -3.26. The highest BCUT2D eigenvalue weighted by atomic mass is 32.2. The van der Waals surface area contributed by atoms with Gasteiger partial charge in [-0.1, -0.05) is 54.6 Å². The molecule has 30 heavy (non-hydrogen) atoms. The van der Waals surface area contributed by atoms with Crippen molar-refractivity contribution in [2.45, 2.75) is 18.4 Å². The average Bonchev–Trinajstić information content (AvgIpc) is 3.20. The molecular weight excluding hydrogens is 398 g/mol. The Labute approximate surface area is 174 Å². The van der Waals surface area contributed by atoms with E-state index in [9.17, 15) is 13.2 Å². The topological polar surface area (TPSA) is 81.1 Å². The van der Waals surface area contributed by atoms with Crippen LogP contribution in [-0.4, -0.2) is 24.1 Å². The fourth-order valence-electron chi connectivity index (χ4n) is 3.94. The number of para-hydroxylation sites is 1. The first-order valence-corrected chi connectivity index (χ1v) is 11.4. The van der Waals surface area contributed by atoms with E-state index < -0.39 is 9.84 Å². The summed E-state index contributed by atoms with van der Waals surface area (Å²) < 4.78 is 26.0. The van der Waals surface area contributed by atoms with Gasteiger partial charge in [0.2, 0.25) is 0 Å². The van der Waals surface area contributed by atoms with Crippen LogP contribution in [-0.2, 0) is 21.3 Å². The van der Waals surface area contributed by atoms with Crippen LogP contribution in [0, 0.1) is 6.92 Å². The van der Waals surface area contributed by atoms with E-state index in [1.54, 1.807) is 10.7 Å². The lowest BCUT2D eigenvalue weighted by atomic mass is 10.0. The molecule has 1 aliphatic heterocycles. The van der Waals surface area contributed by atoms with Crippen LogP contribution in [0.2, 0.25) is 0 Å². The number of nitrogens with one attached hydrogen (secondary N) is 1. The second-order valence-corrected chi connectivity index (χ2v) is 9.55. The second kappa shape index (κ2) is 6.81. The third-order valence-corrected chi connectivity index (χ3v) is 6.84. The van der Waals surface area contributed by atoms with Gasteiger partial charge in [-0.05, 0) is 35.4 Å². The van der Waals surface area contributed by atoms with Crippen molar-refractivity contribution >= 4 is 32.3 Å². The van der Waals surface area contributed by atoms with E-state index in [0.717, 1.165) is 22.0 Å². The summed E-state index contributed by atoms with van der Waals surface area (Å²) in [4.78, 5) is 13.3. The minimum Gasteiger partial charge on any atom is -0.306 e. The fourth-order valence-corrected chi connectivity index (χ4v) is 5.44. The molecule has 5 rings (SSSR count). The molecule has 2 heterocycles. The molecule has 6 nitrogen and oxygen atoms in total. The molecule has 0 saturated carbocycles. The first-order valence-electron chi connectivity index (χ1n) is 9.59. The number of rotatable bonds is 3. The van der Waals surface area contributed by atoms with Gasteiger partial charge in [-0.15, -0.1) is 0 Å². The maximum absolute atomic E-state index is 13.3. The smallest absolute Gasteiger partial charge is 0.257 e. The molecular formula is C23H19N3O3S. The highest BCUT2D eigenvalue weighted by Gasteiger charge is 2.33. The van der Waals surface area contributed by atoms with E-state index in [-0.39, 0.29) is 17.4 Å². The van der Waals surface area contributed by atoms with E-state index in [2.05, 4.69) is 10.4 Å². The number of aryl methyl sites for hydroxylation is 1. The molecule has 4 aromatic rings. The quantitative estimate of drug-likeness (QED) is 0.546. The molecule has 7 heteroatoms. The van der Waals surface area contributed by atoms with Crippen molar-refractivity contribution < 1.29 is 13.2 Å². The lowest BCUT2D eigenvalue weighted by Gasteiger charge is -2.13. The Kier molecular flexibility index (Phi) is 4.22. The van der Waals surface area contributed by atoms with Gasteiger partial charge in [0.05, 0.1) is 22.9 Å². The number of anilines is 1. The van der Waals surface area contributed by atoms with Crippen LogP contribution < -0.4 is 5.32 Å². The number of hydrogen-bond acceptors (Lipinski definition) is 4. The number of sulfone groups is 1. The number of fused-ring (bicyclic) bond motifs is 2. The molecule has 3 aromatic carbocycles. The van der Waals surface area contributed by atoms with E-state index in [1.807, 2.05) is 67.6 Å². The second-order valence-electron chi connectivity index (χ2n) is 7.49. The van der Waals surface area contributed by atoms with Crippen molar-refractivity contribution in [1.82, 2.24) is 9.78 Å². The molecule has 0 saturated heterocycles. The zero-order valence-electron chi connectivity index (χ0n) is 16.3. The molecule has 0 spiro atoms. The van der Waals surface area contributed by atoms with Gasteiger partial charge in [-0.3, -0.25) is 4.79 Å². The van der Waals surface area contributed by atoms with Crippen molar-refractivity contribution in [1.29, 1.82) is 0 Å². The Morgan fingerprint density at radius 2 is 1.70 bits per heavy atom. The zero-order chi connectivity index (χ0) is 20.9. The maximum atomic E-state index is 13.3. The normalized spacial score (nSPS) is 14.6. The summed E-state index contributed by atoms with van der Waals surface area (Å²) in [5.74, 6) is -0.121. The van der Waals surface area contributed by atoms with Gasteiger partial charge >= 0.3 is 0 Å². The molecule has 0 radical (unpaired) electrons. The van der Waals surface area contributed by atoms with Crippen LogP contribution in [0.4, 0.5) is 5.82 Å². The Hall–Kier alpha value is -3.45. The Morgan fingerprint density at radius 1 is 0.967 bits per heavy atom. The molecule has 1 aromatic heterocycles. The number of nitrogens with zero attached hydrogens (tertiary/aromatic N) is 2. The number of hydrogen-bond donors (Lipinski definition) is 1. The first-order chi connectivity index (χ1) is 14.4. The van der Waals surface area contributed by atoms with Crippen LogP contribution in [0.5, 0.6) is 0 Å². The number of carbonyl (C=O) groups excluding carboxylic acids is 1. The standard InChI is InChI=1S/C23H19N3O3S/c1-15-7-2-5-12-21(15)26-22(19-13-30(28,29)14-20(19)25-26)24-23(27)18-11-6-9-16-8-3-4-10-17(16)18/h2-12H,13-14H2,1H3,(H,24,27). The molecule has 150 valence electrons. The summed E-state index contributed by atoms with van der Waals surface area (Å²) in [6.07, 6.45) is 0. The monoisotopic (exact) mass is 417 g/mol. The molecule has 0 fully saturated rings. The summed E-state index contributed by atoms with van der Waals surface area (Å²) >= 11 is 0. The van der Waals surface area contributed by atoms with Crippen LogP contribution >= 0.6 is 0 Å². The number of carbonyl (C=O) groups is 1. The van der Waals surface area contributed by atoms with E-state index >= 15 is 0 Å². The minimum absolute atomic E-state index is 0.113. The van der Waals surface area contributed by atoms with Crippen molar-refractivity contribution in [3.63, 3.8) is 0 Å². The van der Waals surface area contributed by atoms with Crippen LogP contribution in [0.15, 0.2) is 66.7 Å². The highest BCUT2D eigenvalue weighted by Crippen LogP contribution is 2.34. The number of benzene rings is 3. The third kappa shape index (κ3) is 3.07. The molecule has 0 atom stereocenters. The highest BCUT2D eigenvalue weighted by molar-refractivity contribution is 7.90.